The molecule has 1 unspecified atom stereocenters. The van der Waals surface area contributed by atoms with Crippen molar-refractivity contribution >= 4 is 17.9 Å². The van der Waals surface area contributed by atoms with Crippen LogP contribution in [0.3, 0.4) is 0 Å². The van der Waals surface area contributed by atoms with Crippen molar-refractivity contribution in [3.05, 3.63) is 0 Å². The van der Waals surface area contributed by atoms with E-state index in [0.717, 1.165) is 37.5 Å². The first-order valence-electron chi connectivity index (χ1n) is 11.9. The lowest BCUT2D eigenvalue weighted by Crippen LogP contribution is -2.60. The van der Waals surface area contributed by atoms with Gasteiger partial charge in [0.05, 0.1) is 23.9 Å². The van der Waals surface area contributed by atoms with Gasteiger partial charge in [0.2, 0.25) is 0 Å². The average Bonchev–Trinajstić information content (AvgIpc) is 2.64. The molecule has 0 aromatic heterocycles. The fourth-order valence-corrected chi connectivity index (χ4v) is 6.39. The van der Waals surface area contributed by atoms with Gasteiger partial charge in [0.25, 0.3) is 0 Å². The molecule has 1 saturated heterocycles. The van der Waals surface area contributed by atoms with Crippen LogP contribution in [0.4, 0.5) is 0 Å². The van der Waals surface area contributed by atoms with Gasteiger partial charge in [0.15, 0.2) is 0 Å². The molecule has 5 rings (SSSR count). The van der Waals surface area contributed by atoms with Crippen LogP contribution >= 0.6 is 0 Å². The van der Waals surface area contributed by atoms with Gasteiger partial charge >= 0.3 is 17.9 Å². The molecule has 0 N–H and O–H groups in total. The van der Waals surface area contributed by atoms with Crippen LogP contribution in [0, 0.1) is 34.5 Å². The van der Waals surface area contributed by atoms with E-state index in [9.17, 15) is 14.4 Å². The SMILES string of the molecule is CC1(OC(=O)C(C)(C)C(C)(C)C(=O)OC2(C)C3CC4CC(C3)CC2C4)CCOC(=O)C1. The fourth-order valence-electron chi connectivity index (χ4n) is 6.39. The molecular formula is C25H38O6. The van der Waals surface area contributed by atoms with E-state index in [1.54, 1.807) is 34.6 Å². The van der Waals surface area contributed by atoms with Gasteiger partial charge in [-0.3, -0.25) is 14.4 Å². The van der Waals surface area contributed by atoms with Crippen LogP contribution < -0.4 is 0 Å². The van der Waals surface area contributed by atoms with Crippen molar-refractivity contribution in [2.45, 2.75) is 97.7 Å². The van der Waals surface area contributed by atoms with Gasteiger partial charge in [-0.1, -0.05) is 0 Å². The van der Waals surface area contributed by atoms with Crippen LogP contribution in [0.15, 0.2) is 0 Å². The molecule has 1 atom stereocenters. The second-order valence-corrected chi connectivity index (χ2v) is 12.1. The molecule has 4 aliphatic carbocycles. The van der Waals surface area contributed by atoms with Crippen LogP contribution in [-0.4, -0.2) is 35.7 Å². The summed E-state index contributed by atoms with van der Waals surface area (Å²) in [6.45, 7) is 11.1. The van der Waals surface area contributed by atoms with Gasteiger partial charge in [0, 0.05) is 6.42 Å². The van der Waals surface area contributed by atoms with Crippen molar-refractivity contribution in [3.63, 3.8) is 0 Å². The number of carbonyl (C=O) groups excluding carboxylic acids is 3. The van der Waals surface area contributed by atoms with Crippen LogP contribution in [-0.2, 0) is 28.6 Å². The molecule has 0 amide bonds. The van der Waals surface area contributed by atoms with E-state index in [2.05, 4.69) is 6.92 Å². The first-order valence-corrected chi connectivity index (χ1v) is 11.9. The topological polar surface area (TPSA) is 78.9 Å². The van der Waals surface area contributed by atoms with Crippen LogP contribution in [0.25, 0.3) is 0 Å². The second-order valence-electron chi connectivity index (χ2n) is 12.1. The molecule has 31 heavy (non-hydrogen) atoms. The van der Waals surface area contributed by atoms with Gasteiger partial charge in [-0.25, -0.2) is 0 Å². The van der Waals surface area contributed by atoms with Crippen molar-refractivity contribution in [1.82, 2.24) is 0 Å². The number of esters is 3. The Morgan fingerprint density at radius 2 is 1.35 bits per heavy atom. The number of hydrogen-bond donors (Lipinski definition) is 0. The first kappa shape index (κ1) is 22.6. The molecule has 4 saturated carbocycles. The molecule has 4 bridgehead atoms. The van der Waals surface area contributed by atoms with E-state index in [1.165, 1.54) is 6.42 Å². The predicted molar refractivity (Wildman–Crippen MR) is 114 cm³/mol. The molecule has 0 radical (unpaired) electrons. The van der Waals surface area contributed by atoms with Crippen LogP contribution in [0.1, 0.15) is 86.5 Å². The van der Waals surface area contributed by atoms with E-state index in [0.29, 0.717) is 18.3 Å². The Hall–Kier alpha value is -1.59. The third kappa shape index (κ3) is 3.68. The largest absolute Gasteiger partial charge is 0.465 e. The Labute approximate surface area is 185 Å². The molecule has 6 nitrogen and oxygen atoms in total. The van der Waals surface area contributed by atoms with E-state index in [-0.39, 0.29) is 25.0 Å². The Balaban J connectivity index is 1.48. The van der Waals surface area contributed by atoms with Crippen molar-refractivity contribution in [2.75, 3.05) is 6.61 Å². The van der Waals surface area contributed by atoms with Crippen LogP contribution in [0.2, 0.25) is 0 Å². The molecule has 0 aromatic carbocycles. The summed E-state index contributed by atoms with van der Waals surface area (Å²) in [5, 5.41) is 0. The number of cyclic esters (lactones) is 1. The van der Waals surface area contributed by atoms with E-state index in [4.69, 9.17) is 14.2 Å². The minimum absolute atomic E-state index is 0.0312. The zero-order valence-corrected chi connectivity index (χ0v) is 19.9. The molecule has 0 aromatic rings. The quantitative estimate of drug-likeness (QED) is 0.470. The van der Waals surface area contributed by atoms with E-state index in [1.807, 2.05) is 0 Å². The maximum Gasteiger partial charge on any atom is 0.313 e. The third-order valence-corrected chi connectivity index (χ3v) is 9.41. The predicted octanol–water partition coefficient (Wildman–Crippen LogP) is 4.44. The van der Waals surface area contributed by atoms with Gasteiger partial charge in [0.1, 0.15) is 11.2 Å². The lowest BCUT2D eigenvalue weighted by Gasteiger charge is -2.59. The van der Waals surface area contributed by atoms with E-state index < -0.39 is 28.0 Å². The normalized spacial score (nSPS) is 39.7. The maximum atomic E-state index is 13.5. The molecule has 0 spiro atoms. The summed E-state index contributed by atoms with van der Waals surface area (Å²) in [6, 6.07) is 0. The summed E-state index contributed by atoms with van der Waals surface area (Å²) >= 11 is 0. The second kappa shape index (κ2) is 7.21. The molecule has 1 aliphatic heterocycles. The minimum Gasteiger partial charge on any atom is -0.465 e. The van der Waals surface area contributed by atoms with Gasteiger partial charge in [-0.05, 0) is 97.3 Å². The number of hydrogen-bond acceptors (Lipinski definition) is 6. The highest BCUT2D eigenvalue weighted by molar-refractivity contribution is 5.88. The molecule has 174 valence electrons. The molecule has 1 heterocycles. The summed E-state index contributed by atoms with van der Waals surface area (Å²) in [7, 11) is 0. The summed E-state index contributed by atoms with van der Waals surface area (Å²) < 4.78 is 17.1. The number of carbonyl (C=O) groups is 3. The average molecular weight is 435 g/mol. The molecule has 5 fully saturated rings. The fraction of sp³-hybridized carbons (Fsp3) is 0.880. The highest BCUT2D eigenvalue weighted by atomic mass is 16.6. The lowest BCUT2D eigenvalue weighted by molar-refractivity contribution is -0.220. The minimum atomic E-state index is -1.11. The molecular weight excluding hydrogens is 396 g/mol. The van der Waals surface area contributed by atoms with Crippen LogP contribution in [0.5, 0.6) is 0 Å². The maximum absolute atomic E-state index is 13.5. The summed E-state index contributed by atoms with van der Waals surface area (Å²) in [4.78, 5) is 38.5. The van der Waals surface area contributed by atoms with Crippen molar-refractivity contribution in [2.24, 2.45) is 34.5 Å². The van der Waals surface area contributed by atoms with E-state index >= 15 is 0 Å². The first-order chi connectivity index (χ1) is 14.3. The van der Waals surface area contributed by atoms with Gasteiger partial charge < -0.3 is 14.2 Å². The van der Waals surface area contributed by atoms with Gasteiger partial charge in [-0.15, -0.1) is 0 Å². The Morgan fingerprint density at radius 3 is 1.84 bits per heavy atom. The molecule has 6 heteroatoms. The zero-order chi connectivity index (χ0) is 22.8. The summed E-state index contributed by atoms with van der Waals surface area (Å²) in [6.07, 6.45) is 6.43. The zero-order valence-electron chi connectivity index (χ0n) is 19.9. The summed E-state index contributed by atoms with van der Waals surface area (Å²) in [5.41, 5.74) is -3.54. The highest BCUT2D eigenvalue weighted by Gasteiger charge is 2.60. The standard InChI is InChI=1S/C25H38O6/c1-22(2,20(27)30-24(5)7-8-29-19(26)14-24)23(3,4)21(28)31-25(6)17-10-15-9-16(12-17)13-18(25)11-15/h15-18H,7-14H2,1-6H3. The van der Waals surface area contributed by atoms with Crippen molar-refractivity contribution in [3.8, 4) is 0 Å². The molecule has 5 aliphatic rings. The van der Waals surface area contributed by atoms with Crippen molar-refractivity contribution in [1.29, 1.82) is 0 Å². The number of ether oxygens (including phenoxy) is 3. The Bertz CT molecular complexity index is 753. The smallest absolute Gasteiger partial charge is 0.313 e. The van der Waals surface area contributed by atoms with Gasteiger partial charge in [-0.2, -0.15) is 0 Å². The monoisotopic (exact) mass is 434 g/mol. The Morgan fingerprint density at radius 1 is 0.871 bits per heavy atom. The number of rotatable bonds is 5. The summed E-state index contributed by atoms with van der Waals surface area (Å²) in [5.74, 6) is 1.23. The lowest BCUT2D eigenvalue weighted by atomic mass is 9.50. The van der Waals surface area contributed by atoms with Crippen molar-refractivity contribution < 1.29 is 28.6 Å². The Kier molecular flexibility index (Phi) is 5.26. The third-order valence-electron chi connectivity index (χ3n) is 9.41. The highest BCUT2D eigenvalue weighted by Crippen LogP contribution is 2.60.